The molecule has 0 unspecified atom stereocenters. The van der Waals surface area contributed by atoms with E-state index in [1.54, 1.807) is 6.20 Å². The number of amides is 1. The Kier molecular flexibility index (Phi) is 3.74. The maximum absolute atomic E-state index is 10.5. The summed E-state index contributed by atoms with van der Waals surface area (Å²) in [6.45, 7) is 3.96. The number of imidazole rings is 1. The summed E-state index contributed by atoms with van der Waals surface area (Å²) in [6, 6.07) is 0. The molecule has 14 heavy (non-hydrogen) atoms. The summed E-state index contributed by atoms with van der Waals surface area (Å²) in [5.41, 5.74) is 0.810. The van der Waals surface area contributed by atoms with Crippen molar-refractivity contribution in [2.24, 2.45) is 0 Å². The van der Waals surface area contributed by atoms with Crippen molar-refractivity contribution < 1.29 is 4.79 Å². The van der Waals surface area contributed by atoms with Crippen LogP contribution in [0, 0.1) is 18.8 Å². The van der Waals surface area contributed by atoms with E-state index in [2.05, 4.69) is 27.1 Å². The van der Waals surface area contributed by atoms with Gasteiger partial charge in [-0.15, -0.1) is 0 Å². The van der Waals surface area contributed by atoms with Crippen molar-refractivity contribution in [2.45, 2.75) is 20.3 Å². The molecule has 1 aromatic rings. The molecule has 0 fully saturated rings. The molecule has 0 spiro atoms. The third-order valence-corrected chi connectivity index (χ3v) is 1.55. The summed E-state index contributed by atoms with van der Waals surface area (Å²) in [7, 11) is 0. The smallest absolute Gasteiger partial charge is 0.216 e. The van der Waals surface area contributed by atoms with Crippen LogP contribution in [0.5, 0.6) is 0 Å². The molecular formula is C10H13N3O. The molecule has 4 nitrogen and oxygen atoms in total. The van der Waals surface area contributed by atoms with Gasteiger partial charge < -0.3 is 10.3 Å². The Hall–Kier alpha value is -1.76. The van der Waals surface area contributed by atoms with Crippen LogP contribution < -0.4 is 5.32 Å². The molecule has 0 radical (unpaired) electrons. The van der Waals surface area contributed by atoms with Gasteiger partial charge in [0, 0.05) is 19.9 Å². The van der Waals surface area contributed by atoms with Crippen molar-refractivity contribution >= 4 is 5.91 Å². The number of carbonyl (C=O) groups excluding carboxylic acids is 1. The Bertz CT molecular complexity index is 370. The Morgan fingerprint density at radius 2 is 2.50 bits per heavy atom. The summed E-state index contributed by atoms with van der Waals surface area (Å²) < 4.78 is 0. The first-order chi connectivity index (χ1) is 6.68. The number of aromatic nitrogens is 2. The molecule has 0 aliphatic heterocycles. The normalized spacial score (nSPS) is 9.00. The first kappa shape index (κ1) is 10.3. The zero-order valence-electron chi connectivity index (χ0n) is 8.35. The van der Waals surface area contributed by atoms with Gasteiger partial charge in [0.25, 0.3) is 0 Å². The molecule has 2 N–H and O–H groups in total. The third-order valence-electron chi connectivity index (χ3n) is 1.55. The minimum atomic E-state index is -0.0239. The van der Waals surface area contributed by atoms with E-state index in [9.17, 15) is 4.79 Å². The lowest BCUT2D eigenvalue weighted by molar-refractivity contribution is -0.118. The number of carbonyl (C=O) groups is 1. The van der Waals surface area contributed by atoms with Crippen LogP contribution in [-0.4, -0.2) is 22.4 Å². The van der Waals surface area contributed by atoms with Crippen LogP contribution in [0.15, 0.2) is 6.20 Å². The van der Waals surface area contributed by atoms with E-state index in [4.69, 9.17) is 0 Å². The SMILES string of the molecule is CC(=O)NCCC#Cc1cnc(C)[nH]1. The summed E-state index contributed by atoms with van der Waals surface area (Å²) in [5, 5.41) is 2.67. The molecule has 0 aliphatic rings. The highest BCUT2D eigenvalue weighted by atomic mass is 16.1. The highest BCUT2D eigenvalue weighted by Crippen LogP contribution is 1.92. The Morgan fingerprint density at radius 3 is 3.07 bits per heavy atom. The molecule has 0 aliphatic carbocycles. The van der Waals surface area contributed by atoms with Crippen LogP contribution in [0.2, 0.25) is 0 Å². The van der Waals surface area contributed by atoms with Gasteiger partial charge in [-0.25, -0.2) is 4.98 Å². The van der Waals surface area contributed by atoms with Crippen LogP contribution in [-0.2, 0) is 4.79 Å². The largest absolute Gasteiger partial charge is 0.355 e. The van der Waals surface area contributed by atoms with Gasteiger partial charge in [0.05, 0.1) is 6.20 Å². The highest BCUT2D eigenvalue weighted by Gasteiger charge is 1.90. The average Bonchev–Trinajstić information content (AvgIpc) is 2.50. The number of nitrogens with one attached hydrogen (secondary N) is 2. The minimum absolute atomic E-state index is 0.0239. The first-order valence-corrected chi connectivity index (χ1v) is 4.43. The van der Waals surface area contributed by atoms with Crippen molar-refractivity contribution in [1.29, 1.82) is 0 Å². The van der Waals surface area contributed by atoms with Gasteiger partial charge in [-0.2, -0.15) is 0 Å². The van der Waals surface area contributed by atoms with Crippen LogP contribution in [0.1, 0.15) is 24.9 Å². The standard InChI is InChI=1S/C10H13N3O/c1-8-12-7-10(13-8)5-3-4-6-11-9(2)14/h7H,4,6H2,1-2H3,(H,11,14)(H,12,13). The molecule has 0 atom stereocenters. The molecule has 0 saturated heterocycles. The van der Waals surface area contributed by atoms with Crippen molar-refractivity contribution in [3.63, 3.8) is 0 Å². The Balaban J connectivity index is 2.30. The zero-order valence-corrected chi connectivity index (χ0v) is 8.35. The highest BCUT2D eigenvalue weighted by molar-refractivity contribution is 5.72. The van der Waals surface area contributed by atoms with Crippen molar-refractivity contribution in [1.82, 2.24) is 15.3 Å². The number of nitrogens with zero attached hydrogens (tertiary/aromatic N) is 1. The minimum Gasteiger partial charge on any atom is -0.355 e. The fourth-order valence-electron chi connectivity index (χ4n) is 0.943. The maximum atomic E-state index is 10.5. The van der Waals surface area contributed by atoms with E-state index in [1.165, 1.54) is 6.92 Å². The number of hydrogen-bond acceptors (Lipinski definition) is 2. The fourth-order valence-corrected chi connectivity index (χ4v) is 0.943. The maximum Gasteiger partial charge on any atom is 0.216 e. The summed E-state index contributed by atoms with van der Waals surface area (Å²) >= 11 is 0. The molecule has 0 aromatic carbocycles. The molecule has 4 heteroatoms. The van der Waals surface area contributed by atoms with Gasteiger partial charge in [-0.05, 0) is 12.8 Å². The van der Waals surface area contributed by atoms with Gasteiger partial charge in [0.2, 0.25) is 5.91 Å². The number of H-pyrrole nitrogens is 1. The second kappa shape index (κ2) is 5.07. The van der Waals surface area contributed by atoms with E-state index < -0.39 is 0 Å². The molecule has 0 bridgehead atoms. The zero-order chi connectivity index (χ0) is 10.4. The van der Waals surface area contributed by atoms with Gasteiger partial charge >= 0.3 is 0 Å². The monoisotopic (exact) mass is 191 g/mol. The van der Waals surface area contributed by atoms with E-state index in [0.717, 1.165) is 11.5 Å². The number of rotatable bonds is 2. The van der Waals surface area contributed by atoms with Crippen molar-refractivity contribution in [2.75, 3.05) is 6.54 Å². The van der Waals surface area contributed by atoms with Crippen molar-refractivity contribution in [3.05, 3.63) is 17.7 Å². The van der Waals surface area contributed by atoms with Crippen LogP contribution in [0.25, 0.3) is 0 Å². The van der Waals surface area contributed by atoms with E-state index in [0.29, 0.717) is 13.0 Å². The van der Waals surface area contributed by atoms with Gasteiger partial charge in [0.1, 0.15) is 11.5 Å². The quantitative estimate of drug-likeness (QED) is 0.531. The van der Waals surface area contributed by atoms with Gasteiger partial charge in [-0.3, -0.25) is 4.79 Å². The Labute approximate surface area is 83.1 Å². The molecule has 1 aromatic heterocycles. The lowest BCUT2D eigenvalue weighted by Gasteiger charge is -1.94. The average molecular weight is 191 g/mol. The van der Waals surface area contributed by atoms with E-state index >= 15 is 0 Å². The second-order valence-corrected chi connectivity index (χ2v) is 2.92. The van der Waals surface area contributed by atoms with Gasteiger partial charge in [0.15, 0.2) is 0 Å². The summed E-state index contributed by atoms with van der Waals surface area (Å²) in [4.78, 5) is 17.5. The molecule has 0 saturated carbocycles. The third kappa shape index (κ3) is 3.76. The first-order valence-electron chi connectivity index (χ1n) is 4.43. The van der Waals surface area contributed by atoms with E-state index in [1.807, 2.05) is 6.92 Å². The fraction of sp³-hybridized carbons (Fsp3) is 0.400. The number of aryl methyl sites for hydroxylation is 1. The summed E-state index contributed by atoms with van der Waals surface area (Å²) in [6.07, 6.45) is 2.35. The number of aromatic amines is 1. The molecular weight excluding hydrogens is 178 g/mol. The lowest BCUT2D eigenvalue weighted by atomic mass is 10.4. The number of hydrogen-bond donors (Lipinski definition) is 2. The van der Waals surface area contributed by atoms with Crippen LogP contribution in [0.4, 0.5) is 0 Å². The van der Waals surface area contributed by atoms with Crippen molar-refractivity contribution in [3.8, 4) is 11.8 Å². The predicted octanol–water partition coefficient (Wildman–Crippen LogP) is 0.596. The predicted molar refractivity (Wildman–Crippen MR) is 53.5 cm³/mol. The molecule has 74 valence electrons. The van der Waals surface area contributed by atoms with Crippen LogP contribution >= 0.6 is 0 Å². The lowest BCUT2D eigenvalue weighted by Crippen LogP contribution is -2.20. The summed E-state index contributed by atoms with van der Waals surface area (Å²) in [5.74, 6) is 6.69. The van der Waals surface area contributed by atoms with Gasteiger partial charge in [-0.1, -0.05) is 5.92 Å². The molecule has 1 heterocycles. The second-order valence-electron chi connectivity index (χ2n) is 2.92. The van der Waals surface area contributed by atoms with Crippen LogP contribution in [0.3, 0.4) is 0 Å². The molecule has 1 amide bonds. The topological polar surface area (TPSA) is 57.8 Å². The van der Waals surface area contributed by atoms with E-state index in [-0.39, 0.29) is 5.91 Å². The Morgan fingerprint density at radius 1 is 1.71 bits per heavy atom. The molecule has 1 rings (SSSR count).